The van der Waals surface area contributed by atoms with Gasteiger partial charge in [0, 0.05) is 12.1 Å². The topological polar surface area (TPSA) is 100 Å². The third-order valence-corrected chi connectivity index (χ3v) is 4.00. The summed E-state index contributed by atoms with van der Waals surface area (Å²) in [5, 5.41) is 30.4. The molecule has 0 fully saturated rings. The predicted octanol–water partition coefficient (Wildman–Crippen LogP) is 3.58. The molecular weight excluding hydrogens is 324 g/mol. The second-order valence-corrected chi connectivity index (χ2v) is 6.04. The van der Waals surface area contributed by atoms with Crippen LogP contribution >= 0.6 is 0 Å². The van der Waals surface area contributed by atoms with Gasteiger partial charge in [0.05, 0.1) is 12.5 Å². The third-order valence-electron chi connectivity index (χ3n) is 4.00. The average molecular weight is 342 g/mol. The van der Waals surface area contributed by atoms with Crippen molar-refractivity contribution < 1.29 is 24.5 Å². The molecule has 25 heavy (non-hydrogen) atoms. The maximum absolute atomic E-state index is 13.0. The monoisotopic (exact) mass is 342 g/mol. The maximum Gasteiger partial charge on any atom is 0.204 e. The van der Waals surface area contributed by atoms with Gasteiger partial charge in [-0.2, -0.15) is 0 Å². The lowest BCUT2D eigenvalue weighted by atomic mass is 10.0. The number of aromatic hydroxyl groups is 3. The van der Waals surface area contributed by atoms with E-state index >= 15 is 0 Å². The van der Waals surface area contributed by atoms with Crippen LogP contribution in [0.25, 0.3) is 21.9 Å². The fourth-order valence-electron chi connectivity index (χ4n) is 2.75. The smallest absolute Gasteiger partial charge is 0.204 e. The van der Waals surface area contributed by atoms with E-state index in [1.54, 1.807) is 0 Å². The molecule has 0 radical (unpaired) electrons. The van der Waals surface area contributed by atoms with Gasteiger partial charge in [-0.3, -0.25) is 4.79 Å². The van der Waals surface area contributed by atoms with Crippen molar-refractivity contribution in [2.75, 3.05) is 7.11 Å². The summed E-state index contributed by atoms with van der Waals surface area (Å²) in [4.78, 5) is 13.0. The molecule has 1 aromatic heterocycles. The molecule has 0 spiro atoms. The van der Waals surface area contributed by atoms with Crippen LogP contribution in [-0.2, 0) is 6.42 Å². The molecule has 0 unspecified atom stereocenters. The molecule has 0 aliphatic carbocycles. The third kappa shape index (κ3) is 2.76. The second-order valence-electron chi connectivity index (χ2n) is 6.04. The van der Waals surface area contributed by atoms with Crippen LogP contribution in [-0.4, -0.2) is 22.4 Å². The zero-order valence-corrected chi connectivity index (χ0v) is 14.1. The number of rotatable bonds is 3. The number of hydrogen-bond acceptors (Lipinski definition) is 6. The lowest BCUT2D eigenvalue weighted by Crippen LogP contribution is -2.06. The van der Waals surface area contributed by atoms with E-state index in [2.05, 4.69) is 0 Å². The van der Waals surface area contributed by atoms with Gasteiger partial charge < -0.3 is 24.5 Å². The Kier molecular flexibility index (Phi) is 4.04. The van der Waals surface area contributed by atoms with Crippen LogP contribution in [0.4, 0.5) is 0 Å². The Labute approximate surface area is 143 Å². The van der Waals surface area contributed by atoms with Crippen molar-refractivity contribution in [3.05, 3.63) is 45.6 Å². The lowest BCUT2D eigenvalue weighted by Gasteiger charge is -2.10. The van der Waals surface area contributed by atoms with Gasteiger partial charge in [0.2, 0.25) is 11.2 Å². The highest BCUT2D eigenvalue weighted by Gasteiger charge is 2.20. The summed E-state index contributed by atoms with van der Waals surface area (Å²) in [6, 6.07) is 4.09. The fourth-order valence-corrected chi connectivity index (χ4v) is 2.75. The Morgan fingerprint density at radius 1 is 1.12 bits per heavy atom. The van der Waals surface area contributed by atoms with Crippen LogP contribution in [0.1, 0.15) is 19.4 Å². The molecule has 0 saturated heterocycles. The number of hydrogen-bond donors (Lipinski definition) is 3. The zero-order valence-electron chi connectivity index (χ0n) is 14.1. The number of allylic oxidation sites excluding steroid dienone is 2. The van der Waals surface area contributed by atoms with Gasteiger partial charge in [0.15, 0.2) is 11.3 Å². The van der Waals surface area contributed by atoms with Gasteiger partial charge >= 0.3 is 0 Å². The van der Waals surface area contributed by atoms with Crippen LogP contribution in [0.15, 0.2) is 39.1 Å². The number of ether oxygens (including phenoxy) is 1. The van der Waals surface area contributed by atoms with Crippen molar-refractivity contribution in [2.45, 2.75) is 20.3 Å². The Morgan fingerprint density at radius 2 is 1.84 bits per heavy atom. The molecule has 3 rings (SSSR count). The van der Waals surface area contributed by atoms with Crippen LogP contribution in [0.3, 0.4) is 0 Å². The van der Waals surface area contributed by atoms with E-state index in [0.717, 1.165) is 5.57 Å². The van der Waals surface area contributed by atoms with E-state index in [0.29, 0.717) is 17.7 Å². The quantitative estimate of drug-likeness (QED) is 0.382. The first kappa shape index (κ1) is 16.7. The summed E-state index contributed by atoms with van der Waals surface area (Å²) < 4.78 is 10.7. The zero-order chi connectivity index (χ0) is 18.3. The van der Waals surface area contributed by atoms with Gasteiger partial charge in [-0.25, -0.2) is 0 Å². The highest BCUT2D eigenvalue weighted by atomic mass is 16.5. The molecule has 3 N–H and O–H groups in total. The summed E-state index contributed by atoms with van der Waals surface area (Å²) in [7, 11) is 1.42. The van der Waals surface area contributed by atoms with Gasteiger partial charge in [-0.05, 0) is 31.9 Å². The molecule has 1 heterocycles. The molecule has 6 nitrogen and oxygen atoms in total. The van der Waals surface area contributed by atoms with Crippen molar-refractivity contribution in [1.29, 1.82) is 0 Å². The lowest BCUT2D eigenvalue weighted by molar-refractivity contribution is 0.399. The van der Waals surface area contributed by atoms with E-state index in [9.17, 15) is 20.1 Å². The molecule has 2 aromatic carbocycles. The van der Waals surface area contributed by atoms with Crippen LogP contribution in [0.5, 0.6) is 23.0 Å². The van der Waals surface area contributed by atoms with E-state index in [4.69, 9.17) is 9.15 Å². The number of benzene rings is 2. The Bertz CT molecular complexity index is 1070. The van der Waals surface area contributed by atoms with Gasteiger partial charge in [-0.1, -0.05) is 11.6 Å². The molecule has 0 saturated carbocycles. The van der Waals surface area contributed by atoms with Gasteiger partial charge in [0.25, 0.3) is 0 Å². The highest BCUT2D eigenvalue weighted by Crippen LogP contribution is 2.38. The minimum absolute atomic E-state index is 0.00293. The molecule has 0 amide bonds. The first-order chi connectivity index (χ1) is 11.8. The van der Waals surface area contributed by atoms with Crippen molar-refractivity contribution >= 4 is 21.9 Å². The number of fused-ring (bicyclic) bond motifs is 2. The van der Waals surface area contributed by atoms with E-state index < -0.39 is 11.2 Å². The second kappa shape index (κ2) is 6.05. The van der Waals surface area contributed by atoms with Crippen LogP contribution in [0.2, 0.25) is 0 Å². The van der Waals surface area contributed by atoms with Gasteiger partial charge in [0.1, 0.15) is 22.5 Å². The summed E-state index contributed by atoms with van der Waals surface area (Å²) in [5.74, 6) is -0.862. The number of phenolic OH excluding ortho intramolecular Hbond substituents is 3. The summed E-state index contributed by atoms with van der Waals surface area (Å²) in [5.41, 5.74) is 0.991. The first-order valence-corrected chi connectivity index (χ1v) is 7.68. The van der Waals surface area contributed by atoms with Crippen LogP contribution < -0.4 is 10.2 Å². The molecule has 0 atom stereocenters. The molecule has 3 aromatic rings. The summed E-state index contributed by atoms with van der Waals surface area (Å²) in [6.07, 6.45) is 2.27. The van der Waals surface area contributed by atoms with Crippen LogP contribution in [0, 0.1) is 0 Å². The van der Waals surface area contributed by atoms with E-state index in [1.165, 1.54) is 25.3 Å². The van der Waals surface area contributed by atoms with Crippen molar-refractivity contribution in [1.82, 2.24) is 0 Å². The minimum atomic E-state index is -0.516. The van der Waals surface area contributed by atoms with Gasteiger partial charge in [-0.15, -0.1) is 0 Å². The molecule has 0 bridgehead atoms. The molecule has 6 heteroatoms. The number of methoxy groups -OCH3 is 1. The summed E-state index contributed by atoms with van der Waals surface area (Å²) in [6.45, 7) is 3.83. The number of phenols is 3. The molecule has 130 valence electrons. The average Bonchev–Trinajstić information content (AvgIpc) is 2.56. The first-order valence-electron chi connectivity index (χ1n) is 7.68. The Balaban J connectivity index is 2.48. The standard InChI is InChI=1S/C19H18O6/c1-9(2)4-5-10-6-13(21)17(22)19-15(10)18(23)16-12(20)7-11(24-3)8-14(16)25-19/h4,6-8,20-22H,5H2,1-3H3. The minimum Gasteiger partial charge on any atom is -0.507 e. The van der Waals surface area contributed by atoms with Crippen molar-refractivity contribution in [3.8, 4) is 23.0 Å². The maximum atomic E-state index is 13.0. The van der Waals surface area contributed by atoms with E-state index in [1.807, 2.05) is 19.9 Å². The van der Waals surface area contributed by atoms with Crippen molar-refractivity contribution in [2.24, 2.45) is 0 Å². The highest BCUT2D eigenvalue weighted by molar-refractivity contribution is 5.98. The molecule has 0 aliphatic rings. The fraction of sp³-hybridized carbons (Fsp3) is 0.211. The SMILES string of the molecule is COc1cc(O)c2c(=O)c3c(CC=C(C)C)cc(O)c(O)c3oc2c1. The van der Waals surface area contributed by atoms with E-state index in [-0.39, 0.29) is 33.4 Å². The normalized spacial score (nSPS) is 11.0. The Morgan fingerprint density at radius 3 is 2.48 bits per heavy atom. The Hall–Kier alpha value is -3.15. The predicted molar refractivity (Wildman–Crippen MR) is 94.7 cm³/mol. The largest absolute Gasteiger partial charge is 0.507 e. The molecule has 0 aliphatic heterocycles. The van der Waals surface area contributed by atoms with Crippen molar-refractivity contribution in [3.63, 3.8) is 0 Å². The molecular formula is C19H18O6. The summed E-state index contributed by atoms with van der Waals surface area (Å²) >= 11 is 0.